The van der Waals surface area contributed by atoms with Crippen LogP contribution in [0.5, 0.6) is 0 Å². The Morgan fingerprint density at radius 1 is 1.37 bits per heavy atom. The molecule has 0 aromatic heterocycles. The fourth-order valence-corrected chi connectivity index (χ4v) is 3.36. The van der Waals surface area contributed by atoms with Gasteiger partial charge < -0.3 is 10.2 Å². The third-order valence-electron chi connectivity index (χ3n) is 4.20. The number of nitrogens with zero attached hydrogens (tertiary/aromatic N) is 1. The molecule has 1 saturated heterocycles. The van der Waals surface area contributed by atoms with Crippen molar-refractivity contribution in [3.05, 3.63) is 29.8 Å². The normalized spacial score (nSPS) is 25.3. The molecule has 3 rings (SSSR count). The van der Waals surface area contributed by atoms with Crippen molar-refractivity contribution in [1.29, 1.82) is 0 Å². The number of carbonyl (C=O) groups excluding carboxylic acids is 1. The molecule has 0 radical (unpaired) electrons. The molecule has 1 unspecified atom stereocenters. The van der Waals surface area contributed by atoms with E-state index in [0.29, 0.717) is 5.91 Å². The molecule has 104 valence electrons. The quantitative estimate of drug-likeness (QED) is 0.903. The lowest BCUT2D eigenvalue weighted by Crippen LogP contribution is -2.50. The van der Waals surface area contributed by atoms with E-state index in [4.69, 9.17) is 0 Å². The van der Waals surface area contributed by atoms with Crippen molar-refractivity contribution in [3.63, 3.8) is 0 Å². The molecule has 2 aliphatic rings. The Kier molecular flexibility index (Phi) is 4.16. The second kappa shape index (κ2) is 5.51. The number of hydrogen-bond acceptors (Lipinski definition) is 2. The fourth-order valence-electron chi connectivity index (χ4n) is 3.36. The summed E-state index contributed by atoms with van der Waals surface area (Å²) < 4.78 is 0. The molecule has 1 spiro atoms. The Balaban J connectivity index is 0.00000133. The first-order chi connectivity index (χ1) is 8.79. The van der Waals surface area contributed by atoms with Crippen molar-refractivity contribution in [2.45, 2.75) is 31.6 Å². The highest BCUT2D eigenvalue weighted by atomic mass is 35.5. The lowest BCUT2D eigenvalue weighted by Gasteiger charge is -2.33. The van der Waals surface area contributed by atoms with Crippen molar-refractivity contribution >= 4 is 24.0 Å². The lowest BCUT2D eigenvalue weighted by atomic mass is 9.76. The Bertz CT molecular complexity index is 469. The molecule has 1 fully saturated rings. The summed E-state index contributed by atoms with van der Waals surface area (Å²) >= 11 is 0. The topological polar surface area (TPSA) is 32.3 Å². The van der Waals surface area contributed by atoms with E-state index in [1.165, 1.54) is 5.56 Å². The number of carbonyl (C=O) groups is 1. The molecule has 0 saturated carbocycles. The molecule has 1 atom stereocenters. The average Bonchev–Trinajstić information content (AvgIpc) is 2.64. The molecule has 2 aliphatic heterocycles. The van der Waals surface area contributed by atoms with E-state index in [-0.39, 0.29) is 17.8 Å². The van der Waals surface area contributed by atoms with E-state index in [1.807, 2.05) is 11.0 Å². The third kappa shape index (κ3) is 2.05. The molecule has 3 nitrogen and oxygen atoms in total. The van der Waals surface area contributed by atoms with Crippen molar-refractivity contribution in [1.82, 2.24) is 5.32 Å². The maximum absolute atomic E-state index is 12.8. The van der Waals surface area contributed by atoms with Crippen molar-refractivity contribution in [2.75, 3.05) is 24.5 Å². The van der Waals surface area contributed by atoms with Gasteiger partial charge in [0, 0.05) is 18.8 Å². The van der Waals surface area contributed by atoms with E-state index in [2.05, 4.69) is 30.4 Å². The molecular weight excluding hydrogens is 260 g/mol. The molecule has 0 bridgehead atoms. The van der Waals surface area contributed by atoms with Crippen LogP contribution in [0.1, 0.15) is 31.7 Å². The van der Waals surface area contributed by atoms with Gasteiger partial charge in [0.15, 0.2) is 0 Å². The van der Waals surface area contributed by atoms with E-state index in [9.17, 15) is 4.79 Å². The van der Waals surface area contributed by atoms with Crippen LogP contribution in [0, 0.1) is 0 Å². The van der Waals surface area contributed by atoms with E-state index in [0.717, 1.165) is 44.6 Å². The Morgan fingerprint density at radius 2 is 2.16 bits per heavy atom. The highest BCUT2D eigenvalue weighted by molar-refractivity contribution is 6.08. The van der Waals surface area contributed by atoms with Crippen LogP contribution in [0.15, 0.2) is 24.3 Å². The maximum Gasteiger partial charge on any atom is 0.239 e. The van der Waals surface area contributed by atoms with Crippen molar-refractivity contribution in [2.24, 2.45) is 0 Å². The number of piperidine rings is 1. The Morgan fingerprint density at radius 3 is 2.84 bits per heavy atom. The molecule has 1 amide bonds. The smallest absolute Gasteiger partial charge is 0.239 e. The van der Waals surface area contributed by atoms with Crippen LogP contribution in [0.2, 0.25) is 0 Å². The van der Waals surface area contributed by atoms with Crippen LogP contribution < -0.4 is 10.2 Å². The Hall–Kier alpha value is -1.06. The second-order valence-corrected chi connectivity index (χ2v) is 5.34. The number of anilines is 1. The monoisotopic (exact) mass is 280 g/mol. The molecule has 1 N–H and O–H groups in total. The zero-order chi connectivity index (χ0) is 12.6. The first-order valence-electron chi connectivity index (χ1n) is 6.92. The first-order valence-corrected chi connectivity index (χ1v) is 6.92. The average molecular weight is 281 g/mol. The van der Waals surface area contributed by atoms with Crippen molar-refractivity contribution < 1.29 is 4.79 Å². The van der Waals surface area contributed by atoms with Gasteiger partial charge in [0.1, 0.15) is 0 Å². The Labute approximate surface area is 120 Å². The SMILES string of the molecule is CCCN1C(=O)C2(CCCNC2)c2ccccc21.Cl. The molecule has 1 aromatic rings. The van der Waals surface area contributed by atoms with E-state index >= 15 is 0 Å². The molecule has 19 heavy (non-hydrogen) atoms. The first kappa shape index (κ1) is 14.4. The van der Waals surface area contributed by atoms with Crippen LogP contribution in [-0.2, 0) is 10.2 Å². The number of benzene rings is 1. The minimum absolute atomic E-state index is 0. The highest BCUT2D eigenvalue weighted by Gasteiger charge is 2.50. The predicted octanol–water partition coefficient (Wildman–Crippen LogP) is 2.49. The van der Waals surface area contributed by atoms with Gasteiger partial charge in [-0.1, -0.05) is 25.1 Å². The number of halogens is 1. The number of fused-ring (bicyclic) bond motifs is 2. The van der Waals surface area contributed by atoms with Gasteiger partial charge in [-0.2, -0.15) is 0 Å². The summed E-state index contributed by atoms with van der Waals surface area (Å²) in [6.07, 6.45) is 3.07. The summed E-state index contributed by atoms with van der Waals surface area (Å²) in [4.78, 5) is 14.8. The molecule has 4 heteroatoms. The summed E-state index contributed by atoms with van der Waals surface area (Å²) in [5.74, 6) is 0.303. The molecule has 2 heterocycles. The molecular formula is C15H21ClN2O. The number of nitrogens with one attached hydrogen (secondary N) is 1. The van der Waals surface area contributed by atoms with Gasteiger partial charge in [-0.05, 0) is 37.4 Å². The minimum Gasteiger partial charge on any atom is -0.315 e. The maximum atomic E-state index is 12.8. The number of hydrogen-bond donors (Lipinski definition) is 1. The summed E-state index contributed by atoms with van der Waals surface area (Å²) in [6.45, 7) is 4.78. The highest BCUT2D eigenvalue weighted by Crippen LogP contribution is 2.45. The lowest BCUT2D eigenvalue weighted by molar-refractivity contribution is -0.123. The van der Waals surface area contributed by atoms with Crippen LogP contribution in [0.25, 0.3) is 0 Å². The molecule has 0 aliphatic carbocycles. The largest absolute Gasteiger partial charge is 0.315 e. The van der Waals surface area contributed by atoms with Crippen LogP contribution in [0.4, 0.5) is 5.69 Å². The van der Waals surface area contributed by atoms with Gasteiger partial charge in [0.05, 0.1) is 5.41 Å². The van der Waals surface area contributed by atoms with Crippen molar-refractivity contribution in [3.8, 4) is 0 Å². The standard InChI is InChI=1S/C15H20N2O.ClH/c1-2-10-17-13-7-4-3-6-12(13)15(14(17)18)8-5-9-16-11-15;/h3-4,6-7,16H,2,5,8-11H2,1H3;1H. The second-order valence-electron chi connectivity index (χ2n) is 5.34. The van der Waals surface area contributed by atoms with E-state index in [1.54, 1.807) is 0 Å². The van der Waals surface area contributed by atoms with Crippen LogP contribution in [0.3, 0.4) is 0 Å². The number of rotatable bonds is 2. The zero-order valence-electron chi connectivity index (χ0n) is 11.3. The van der Waals surface area contributed by atoms with Gasteiger partial charge in [-0.15, -0.1) is 12.4 Å². The summed E-state index contributed by atoms with van der Waals surface area (Å²) in [6, 6.07) is 8.31. The van der Waals surface area contributed by atoms with Crippen LogP contribution >= 0.6 is 12.4 Å². The minimum atomic E-state index is -0.288. The van der Waals surface area contributed by atoms with Gasteiger partial charge in [0.2, 0.25) is 5.91 Å². The summed E-state index contributed by atoms with van der Waals surface area (Å²) in [5.41, 5.74) is 2.08. The van der Waals surface area contributed by atoms with Gasteiger partial charge in [-0.3, -0.25) is 4.79 Å². The predicted molar refractivity (Wildman–Crippen MR) is 80.1 cm³/mol. The van der Waals surface area contributed by atoms with E-state index < -0.39 is 0 Å². The number of amides is 1. The third-order valence-corrected chi connectivity index (χ3v) is 4.20. The van der Waals surface area contributed by atoms with Gasteiger partial charge in [0.25, 0.3) is 0 Å². The molecule has 1 aromatic carbocycles. The zero-order valence-corrected chi connectivity index (χ0v) is 12.1. The van der Waals surface area contributed by atoms with Gasteiger partial charge >= 0.3 is 0 Å². The van der Waals surface area contributed by atoms with Crippen LogP contribution in [-0.4, -0.2) is 25.5 Å². The van der Waals surface area contributed by atoms with Gasteiger partial charge in [-0.25, -0.2) is 0 Å². The summed E-state index contributed by atoms with van der Waals surface area (Å²) in [7, 11) is 0. The summed E-state index contributed by atoms with van der Waals surface area (Å²) in [5, 5.41) is 3.40. The number of para-hydroxylation sites is 1. The fraction of sp³-hybridized carbons (Fsp3) is 0.533.